The first-order valence-corrected chi connectivity index (χ1v) is 11.6. The Kier molecular flexibility index (Phi) is 8.37. The van der Waals surface area contributed by atoms with Crippen LogP contribution >= 0.6 is 11.6 Å². The summed E-state index contributed by atoms with van der Waals surface area (Å²) >= 11 is 5.67. The van der Waals surface area contributed by atoms with Gasteiger partial charge in [0.25, 0.3) is 0 Å². The highest BCUT2D eigenvalue weighted by Gasteiger charge is 2.51. The molecule has 4 amide bonds. The number of piperidine rings is 1. The lowest BCUT2D eigenvalue weighted by molar-refractivity contribution is -0.274. The molecule has 35 heavy (non-hydrogen) atoms. The molecule has 1 aliphatic heterocycles. The van der Waals surface area contributed by atoms with Crippen LogP contribution in [-0.2, 0) is 9.59 Å². The summed E-state index contributed by atoms with van der Waals surface area (Å²) in [6, 6.07) is 1.54. The van der Waals surface area contributed by atoms with E-state index in [1.165, 1.54) is 13.0 Å². The van der Waals surface area contributed by atoms with E-state index in [4.69, 9.17) is 11.6 Å². The van der Waals surface area contributed by atoms with Gasteiger partial charge in [0.05, 0.1) is 11.1 Å². The second-order valence-electron chi connectivity index (χ2n) is 8.88. The largest absolute Gasteiger partial charge is 0.573 e. The zero-order valence-electron chi connectivity index (χ0n) is 19.1. The molecule has 194 valence electrons. The van der Waals surface area contributed by atoms with Crippen molar-refractivity contribution in [1.29, 1.82) is 0 Å². The van der Waals surface area contributed by atoms with Crippen LogP contribution in [0.2, 0.25) is 5.02 Å². The normalized spacial score (nSPS) is 19.6. The minimum atomic E-state index is -4.95. The predicted octanol–water partition coefficient (Wildman–Crippen LogP) is 3.02. The van der Waals surface area contributed by atoms with Crippen LogP contribution in [0.5, 0.6) is 5.75 Å². The third-order valence-electron chi connectivity index (χ3n) is 6.25. The van der Waals surface area contributed by atoms with Crippen LogP contribution in [-0.4, -0.2) is 66.0 Å². The van der Waals surface area contributed by atoms with Crippen molar-refractivity contribution in [3.05, 3.63) is 23.2 Å². The molecule has 1 heterocycles. The van der Waals surface area contributed by atoms with E-state index in [1.807, 2.05) is 0 Å². The van der Waals surface area contributed by atoms with Gasteiger partial charge in [-0.05, 0) is 50.2 Å². The molecule has 2 aliphatic rings. The van der Waals surface area contributed by atoms with Gasteiger partial charge in [0, 0.05) is 37.8 Å². The van der Waals surface area contributed by atoms with Gasteiger partial charge in [0.2, 0.25) is 11.8 Å². The van der Waals surface area contributed by atoms with Crippen molar-refractivity contribution < 1.29 is 37.4 Å². The molecular weight excluding hydrogens is 493 g/mol. The van der Waals surface area contributed by atoms with Gasteiger partial charge in [-0.25, -0.2) is 4.79 Å². The van der Waals surface area contributed by atoms with Crippen LogP contribution in [0.4, 0.5) is 23.7 Å². The number of aliphatic hydroxyl groups excluding tert-OH is 1. The zero-order chi connectivity index (χ0) is 25.8. The summed E-state index contributed by atoms with van der Waals surface area (Å²) in [5.41, 5.74) is 0.0000700. The zero-order valence-corrected chi connectivity index (χ0v) is 19.8. The molecule has 1 saturated heterocycles. The number of carbonyl (C=O) groups is 3. The van der Waals surface area contributed by atoms with Crippen LogP contribution in [0.3, 0.4) is 0 Å². The van der Waals surface area contributed by atoms with E-state index in [0.29, 0.717) is 19.5 Å². The lowest BCUT2D eigenvalue weighted by Gasteiger charge is -2.36. The first kappa shape index (κ1) is 26.9. The molecule has 0 radical (unpaired) electrons. The fourth-order valence-electron chi connectivity index (χ4n) is 3.96. The number of anilines is 1. The second kappa shape index (κ2) is 10.9. The fraction of sp³-hybridized carbons (Fsp3) is 0.591. The number of benzene rings is 1. The number of aliphatic hydroxyl groups is 1. The monoisotopic (exact) mass is 520 g/mol. The number of rotatable bonds is 8. The van der Waals surface area contributed by atoms with E-state index < -0.39 is 36.2 Å². The first-order valence-electron chi connectivity index (χ1n) is 11.2. The summed E-state index contributed by atoms with van der Waals surface area (Å²) in [7, 11) is 0. The summed E-state index contributed by atoms with van der Waals surface area (Å²) < 4.78 is 41.1. The van der Waals surface area contributed by atoms with E-state index in [2.05, 4.69) is 20.7 Å². The Hall–Kier alpha value is -2.73. The average molecular weight is 521 g/mol. The van der Waals surface area contributed by atoms with E-state index in [-0.39, 0.29) is 35.0 Å². The summed E-state index contributed by atoms with van der Waals surface area (Å²) in [4.78, 5) is 38.3. The van der Waals surface area contributed by atoms with Crippen LogP contribution in [0.15, 0.2) is 18.2 Å². The second-order valence-corrected chi connectivity index (χ2v) is 9.28. The van der Waals surface area contributed by atoms with Crippen molar-refractivity contribution in [2.45, 2.75) is 57.5 Å². The molecule has 1 saturated carbocycles. The van der Waals surface area contributed by atoms with Gasteiger partial charge in [-0.15, -0.1) is 13.2 Å². The first-order chi connectivity index (χ1) is 16.4. The highest BCUT2D eigenvalue weighted by Crippen LogP contribution is 2.53. The van der Waals surface area contributed by atoms with Gasteiger partial charge in [-0.2, -0.15) is 0 Å². The molecule has 1 aromatic carbocycles. The SMILES string of the molecule is C[C@H](NC(=O)Nc1ccc(Cl)c(OC(F)(F)F)c1)C(=O)NCCCC(=O)N1CCC2(CC2)[C@H](O)C1. The Balaban J connectivity index is 1.36. The summed E-state index contributed by atoms with van der Waals surface area (Å²) in [5.74, 6) is -1.24. The number of carbonyl (C=O) groups excluding carboxylic acids is 3. The van der Waals surface area contributed by atoms with E-state index in [0.717, 1.165) is 31.4 Å². The molecule has 3 rings (SSSR count). The molecule has 2 fully saturated rings. The highest BCUT2D eigenvalue weighted by atomic mass is 35.5. The topological polar surface area (TPSA) is 120 Å². The summed E-state index contributed by atoms with van der Waals surface area (Å²) in [6.45, 7) is 2.63. The molecule has 4 N–H and O–H groups in total. The Morgan fingerprint density at radius 1 is 1.29 bits per heavy atom. The Morgan fingerprint density at radius 3 is 2.63 bits per heavy atom. The standard InChI is InChI=1S/C22H28ClF3N4O5/c1-13(28-20(34)29-14-4-5-15(23)16(11-14)35-22(24,25)26)19(33)27-9-2-3-18(32)30-10-8-21(6-7-21)17(31)12-30/h4-5,11,13,17,31H,2-3,6-10,12H2,1H3,(H,27,33)(H2,28,29,34)/t13-,17+/m0/s1. The number of amides is 4. The molecule has 0 unspecified atom stereocenters. The molecule has 1 aromatic rings. The van der Waals surface area contributed by atoms with Gasteiger partial charge < -0.3 is 30.7 Å². The Bertz CT molecular complexity index is 958. The number of β-amino-alcohol motifs (C(OH)–C–C–N with tert-alkyl or cyclic N) is 1. The number of hydrogen-bond donors (Lipinski definition) is 4. The number of nitrogens with one attached hydrogen (secondary N) is 3. The predicted molar refractivity (Wildman–Crippen MR) is 121 cm³/mol. The fourth-order valence-corrected chi connectivity index (χ4v) is 4.12. The van der Waals surface area contributed by atoms with E-state index in [1.54, 1.807) is 4.90 Å². The number of alkyl halides is 3. The molecular formula is C22H28ClF3N4O5. The smallest absolute Gasteiger partial charge is 0.404 e. The van der Waals surface area contributed by atoms with Gasteiger partial charge in [0.15, 0.2) is 0 Å². The third kappa shape index (κ3) is 7.63. The van der Waals surface area contributed by atoms with Crippen molar-refractivity contribution in [2.24, 2.45) is 5.41 Å². The Morgan fingerprint density at radius 2 is 2.00 bits per heavy atom. The number of urea groups is 1. The molecule has 0 aromatic heterocycles. The summed E-state index contributed by atoms with van der Waals surface area (Å²) in [5, 5.41) is 17.2. The van der Waals surface area contributed by atoms with Crippen molar-refractivity contribution in [3.63, 3.8) is 0 Å². The molecule has 0 bridgehead atoms. The number of likely N-dealkylation sites (tertiary alicyclic amines) is 1. The maximum Gasteiger partial charge on any atom is 0.573 e. The lowest BCUT2D eigenvalue weighted by atomic mass is 9.90. The van der Waals surface area contributed by atoms with E-state index >= 15 is 0 Å². The van der Waals surface area contributed by atoms with Crippen LogP contribution < -0.4 is 20.7 Å². The minimum Gasteiger partial charge on any atom is -0.404 e. The van der Waals surface area contributed by atoms with Crippen molar-refractivity contribution in [1.82, 2.24) is 15.5 Å². The van der Waals surface area contributed by atoms with Crippen molar-refractivity contribution in [2.75, 3.05) is 25.0 Å². The Labute approximate surface area is 205 Å². The van der Waals surface area contributed by atoms with Crippen molar-refractivity contribution in [3.8, 4) is 5.75 Å². The number of halogens is 4. The van der Waals surface area contributed by atoms with Crippen LogP contribution in [0.25, 0.3) is 0 Å². The number of ether oxygens (including phenoxy) is 1. The molecule has 2 atom stereocenters. The molecule has 13 heteroatoms. The summed E-state index contributed by atoms with van der Waals surface area (Å²) in [6.07, 6.45) is -1.96. The van der Waals surface area contributed by atoms with Gasteiger partial charge in [-0.1, -0.05) is 11.6 Å². The maximum absolute atomic E-state index is 12.4. The van der Waals surface area contributed by atoms with Gasteiger partial charge in [0.1, 0.15) is 11.8 Å². The number of nitrogens with zero attached hydrogens (tertiary/aromatic N) is 1. The van der Waals surface area contributed by atoms with Gasteiger partial charge in [-0.3, -0.25) is 9.59 Å². The average Bonchev–Trinajstić information content (AvgIpc) is 3.55. The van der Waals surface area contributed by atoms with E-state index in [9.17, 15) is 32.7 Å². The maximum atomic E-state index is 12.4. The minimum absolute atomic E-state index is 0.0206. The van der Waals surface area contributed by atoms with Crippen LogP contribution in [0, 0.1) is 5.41 Å². The third-order valence-corrected chi connectivity index (χ3v) is 6.56. The molecule has 9 nitrogen and oxygen atoms in total. The quantitative estimate of drug-likeness (QED) is 0.393. The van der Waals surface area contributed by atoms with Crippen LogP contribution in [0.1, 0.15) is 39.0 Å². The number of hydrogen-bond acceptors (Lipinski definition) is 5. The van der Waals surface area contributed by atoms with Crippen molar-refractivity contribution >= 4 is 35.1 Å². The molecule has 1 aliphatic carbocycles. The van der Waals surface area contributed by atoms with Gasteiger partial charge >= 0.3 is 12.4 Å². The highest BCUT2D eigenvalue weighted by molar-refractivity contribution is 6.32. The molecule has 1 spiro atoms. The lowest BCUT2D eigenvalue weighted by Crippen LogP contribution is -2.48.